The Hall–Kier alpha value is -0.710. The van der Waals surface area contributed by atoms with Gasteiger partial charge in [0.15, 0.2) is 0 Å². The van der Waals surface area contributed by atoms with E-state index in [0.29, 0.717) is 0 Å². The number of aryl methyl sites for hydroxylation is 5. The molecule has 0 unspecified atom stereocenters. The van der Waals surface area contributed by atoms with Crippen molar-refractivity contribution < 1.29 is 0 Å². The second kappa shape index (κ2) is 6.45. The van der Waals surface area contributed by atoms with Gasteiger partial charge in [-0.25, -0.2) is 4.98 Å². The molecule has 0 amide bonds. The third-order valence-electron chi connectivity index (χ3n) is 2.97. The van der Waals surface area contributed by atoms with E-state index in [1.165, 1.54) is 21.0 Å². The maximum Gasteiger partial charge on any atom is 0.0897 e. The molecular formula is C14H20N2S2. The number of hydrogen-bond donors (Lipinski definition) is 1. The number of nitrogens with two attached hydrogens (primary N) is 1. The van der Waals surface area contributed by atoms with Crippen LogP contribution in [0.5, 0.6) is 0 Å². The Bertz CT molecular complexity index is 500. The zero-order chi connectivity index (χ0) is 13.0. The second-order valence-corrected chi connectivity index (χ2v) is 6.85. The smallest absolute Gasteiger partial charge is 0.0897 e. The molecule has 0 bridgehead atoms. The Morgan fingerprint density at radius 3 is 2.72 bits per heavy atom. The maximum absolute atomic E-state index is 5.57. The zero-order valence-corrected chi connectivity index (χ0v) is 12.7. The fourth-order valence-electron chi connectivity index (χ4n) is 2.00. The summed E-state index contributed by atoms with van der Waals surface area (Å²) < 4.78 is 0. The van der Waals surface area contributed by atoms with Gasteiger partial charge < -0.3 is 5.73 Å². The molecule has 0 fully saturated rings. The van der Waals surface area contributed by atoms with E-state index in [0.717, 1.165) is 37.2 Å². The van der Waals surface area contributed by atoms with Crippen LogP contribution >= 0.6 is 22.7 Å². The van der Waals surface area contributed by atoms with E-state index >= 15 is 0 Å². The highest BCUT2D eigenvalue weighted by atomic mass is 32.1. The molecule has 0 atom stereocenters. The molecule has 0 aromatic carbocycles. The Morgan fingerprint density at radius 1 is 1.22 bits per heavy atom. The molecule has 2 rings (SSSR count). The summed E-state index contributed by atoms with van der Waals surface area (Å²) in [6.07, 6.45) is 4.38. The van der Waals surface area contributed by atoms with Crippen molar-refractivity contribution in [1.29, 1.82) is 0 Å². The highest BCUT2D eigenvalue weighted by Crippen LogP contribution is 2.24. The molecular weight excluding hydrogens is 260 g/mol. The Morgan fingerprint density at radius 2 is 2.06 bits per heavy atom. The lowest BCUT2D eigenvalue weighted by molar-refractivity contribution is 0.839. The summed E-state index contributed by atoms with van der Waals surface area (Å²) in [7, 11) is 0. The Kier molecular flexibility index (Phi) is 4.92. The van der Waals surface area contributed by atoms with Crippen LogP contribution < -0.4 is 5.73 Å². The summed E-state index contributed by atoms with van der Waals surface area (Å²) in [5.41, 5.74) is 8.23. The molecule has 0 saturated heterocycles. The van der Waals surface area contributed by atoms with Gasteiger partial charge in [-0.2, -0.15) is 0 Å². The van der Waals surface area contributed by atoms with Gasteiger partial charge in [0.2, 0.25) is 0 Å². The lowest BCUT2D eigenvalue weighted by atomic mass is 10.1. The van der Waals surface area contributed by atoms with Crippen LogP contribution in [0.25, 0.3) is 0 Å². The van der Waals surface area contributed by atoms with Crippen molar-refractivity contribution in [3.05, 3.63) is 37.5 Å². The first-order valence-electron chi connectivity index (χ1n) is 6.38. The highest BCUT2D eigenvalue weighted by molar-refractivity contribution is 7.12. The van der Waals surface area contributed by atoms with Crippen molar-refractivity contribution in [2.24, 2.45) is 5.73 Å². The molecule has 2 aromatic rings. The predicted molar refractivity (Wildman–Crippen MR) is 80.7 cm³/mol. The number of hydrogen-bond acceptors (Lipinski definition) is 4. The first-order chi connectivity index (χ1) is 8.69. The normalized spacial score (nSPS) is 11.1. The molecule has 18 heavy (non-hydrogen) atoms. The highest BCUT2D eigenvalue weighted by Gasteiger charge is 2.06. The summed E-state index contributed by atoms with van der Waals surface area (Å²) in [6, 6.07) is 2.33. The maximum atomic E-state index is 5.57. The molecule has 0 aliphatic carbocycles. The van der Waals surface area contributed by atoms with Gasteiger partial charge in [0, 0.05) is 15.1 Å². The van der Waals surface area contributed by atoms with Crippen LogP contribution in [0.2, 0.25) is 0 Å². The molecule has 0 spiro atoms. The van der Waals surface area contributed by atoms with Gasteiger partial charge in [0.25, 0.3) is 0 Å². The van der Waals surface area contributed by atoms with Gasteiger partial charge in [-0.1, -0.05) is 0 Å². The summed E-state index contributed by atoms with van der Waals surface area (Å²) in [4.78, 5) is 7.49. The quantitative estimate of drug-likeness (QED) is 0.879. The van der Waals surface area contributed by atoms with Crippen molar-refractivity contribution in [3.8, 4) is 0 Å². The summed E-state index contributed by atoms with van der Waals surface area (Å²) in [6.45, 7) is 5.05. The van der Waals surface area contributed by atoms with Crippen LogP contribution in [0.1, 0.15) is 32.4 Å². The second-order valence-electron chi connectivity index (χ2n) is 4.57. The molecule has 2 aromatic heterocycles. The van der Waals surface area contributed by atoms with Crippen molar-refractivity contribution in [2.75, 3.05) is 6.54 Å². The molecule has 2 heterocycles. The number of thiazole rings is 1. The van der Waals surface area contributed by atoms with Crippen LogP contribution in [0.3, 0.4) is 0 Å². The van der Waals surface area contributed by atoms with Crippen molar-refractivity contribution in [2.45, 2.75) is 39.5 Å². The third-order valence-corrected chi connectivity index (χ3v) is 5.15. The topological polar surface area (TPSA) is 38.9 Å². The fourth-order valence-corrected chi connectivity index (χ4v) is 3.87. The van der Waals surface area contributed by atoms with Crippen LogP contribution in [0.4, 0.5) is 0 Å². The first kappa shape index (κ1) is 13.7. The minimum atomic E-state index is 0.783. The largest absolute Gasteiger partial charge is 0.330 e. The third kappa shape index (κ3) is 3.64. The fraction of sp³-hybridized carbons (Fsp3) is 0.500. The van der Waals surface area contributed by atoms with Crippen LogP contribution in [0, 0.1) is 13.8 Å². The van der Waals surface area contributed by atoms with Crippen LogP contribution in [-0.2, 0) is 19.3 Å². The van der Waals surface area contributed by atoms with Crippen LogP contribution in [-0.4, -0.2) is 11.5 Å². The van der Waals surface area contributed by atoms with Gasteiger partial charge in [0.1, 0.15) is 0 Å². The van der Waals surface area contributed by atoms with E-state index < -0.39 is 0 Å². The van der Waals surface area contributed by atoms with E-state index in [4.69, 9.17) is 5.73 Å². The average molecular weight is 280 g/mol. The van der Waals surface area contributed by atoms with E-state index in [-0.39, 0.29) is 0 Å². The van der Waals surface area contributed by atoms with Crippen LogP contribution in [0.15, 0.2) is 11.4 Å². The Labute approximate surface area is 117 Å². The minimum absolute atomic E-state index is 0.783. The molecule has 4 heteroatoms. The van der Waals surface area contributed by atoms with Crippen molar-refractivity contribution in [3.63, 3.8) is 0 Å². The molecule has 0 aliphatic rings. The Balaban J connectivity index is 1.93. The SMILES string of the molecule is Cc1nc(CCc2cc(C)c(CCCN)s2)cs1. The van der Waals surface area contributed by atoms with E-state index in [1.807, 2.05) is 11.3 Å². The zero-order valence-electron chi connectivity index (χ0n) is 11.0. The van der Waals surface area contributed by atoms with E-state index in [1.54, 1.807) is 11.3 Å². The number of aromatic nitrogens is 1. The van der Waals surface area contributed by atoms with Gasteiger partial charge >= 0.3 is 0 Å². The minimum Gasteiger partial charge on any atom is -0.330 e. The average Bonchev–Trinajstić information content (AvgIpc) is 2.91. The molecule has 98 valence electrons. The molecule has 0 aliphatic heterocycles. The lowest BCUT2D eigenvalue weighted by Gasteiger charge is -1.96. The van der Waals surface area contributed by atoms with Gasteiger partial charge in [-0.3, -0.25) is 0 Å². The van der Waals surface area contributed by atoms with E-state index in [9.17, 15) is 0 Å². The monoisotopic (exact) mass is 280 g/mol. The summed E-state index contributed by atoms with van der Waals surface area (Å²) in [5, 5.41) is 3.33. The van der Waals surface area contributed by atoms with Crippen molar-refractivity contribution >= 4 is 22.7 Å². The molecule has 2 N–H and O–H groups in total. The molecule has 0 radical (unpaired) electrons. The lowest BCUT2D eigenvalue weighted by Crippen LogP contribution is -1.99. The van der Waals surface area contributed by atoms with Gasteiger partial charge in [-0.15, -0.1) is 22.7 Å². The number of nitrogens with zero attached hydrogens (tertiary/aromatic N) is 1. The predicted octanol–water partition coefficient (Wildman–Crippen LogP) is 3.50. The summed E-state index contributed by atoms with van der Waals surface area (Å²) in [5.74, 6) is 0. The van der Waals surface area contributed by atoms with Gasteiger partial charge in [-0.05, 0) is 57.7 Å². The van der Waals surface area contributed by atoms with E-state index in [2.05, 4.69) is 30.3 Å². The number of rotatable bonds is 6. The summed E-state index contributed by atoms with van der Waals surface area (Å²) >= 11 is 3.68. The molecule has 2 nitrogen and oxygen atoms in total. The number of thiophene rings is 1. The van der Waals surface area contributed by atoms with Gasteiger partial charge in [0.05, 0.1) is 10.7 Å². The first-order valence-corrected chi connectivity index (χ1v) is 8.08. The van der Waals surface area contributed by atoms with Crippen molar-refractivity contribution in [1.82, 2.24) is 4.98 Å². The molecule has 0 saturated carbocycles. The standard InChI is InChI=1S/C14H20N2S2/c1-10-8-13(18-14(10)4-3-7-15)6-5-12-9-17-11(2)16-12/h8-9H,3-7,15H2,1-2H3.